The minimum Gasteiger partial charge on any atom is -0.462 e. The third-order valence-corrected chi connectivity index (χ3v) is 2.65. The summed E-state index contributed by atoms with van der Waals surface area (Å²) in [6.07, 6.45) is -5.18. The summed E-state index contributed by atoms with van der Waals surface area (Å²) in [4.78, 5) is 23.8. The third-order valence-electron chi connectivity index (χ3n) is 2.65. The molecule has 1 amide bonds. The summed E-state index contributed by atoms with van der Waals surface area (Å²) in [6.45, 7) is 1.89. The van der Waals surface area contributed by atoms with Gasteiger partial charge in [-0.1, -0.05) is 18.2 Å². The van der Waals surface area contributed by atoms with Crippen LogP contribution in [0.5, 0.6) is 0 Å². The lowest BCUT2D eigenvalue weighted by atomic mass is 10.1. The molecule has 1 unspecified atom stereocenters. The van der Waals surface area contributed by atoms with E-state index in [2.05, 4.69) is 9.47 Å². The smallest absolute Gasteiger partial charge is 0.448 e. The Kier molecular flexibility index (Phi) is 5.92. The Morgan fingerprint density at radius 3 is 2.14 bits per heavy atom. The minimum absolute atomic E-state index is 0.0415. The van der Waals surface area contributed by atoms with Crippen molar-refractivity contribution in [2.24, 2.45) is 0 Å². The van der Waals surface area contributed by atoms with Gasteiger partial charge in [0.1, 0.15) is 0 Å². The van der Waals surface area contributed by atoms with Crippen LogP contribution in [0.15, 0.2) is 30.3 Å². The number of rotatable bonds is 6. The molecule has 8 heteroatoms. The van der Waals surface area contributed by atoms with Gasteiger partial charge in [-0.05, 0) is 26.0 Å². The van der Waals surface area contributed by atoms with Crippen LogP contribution in [0.25, 0.3) is 0 Å². The van der Waals surface area contributed by atoms with Gasteiger partial charge in [-0.25, -0.2) is 4.79 Å². The van der Waals surface area contributed by atoms with E-state index in [-0.39, 0.29) is 12.2 Å². The normalized spacial score (nSPS) is 14.0. The molecule has 0 radical (unpaired) electrons. The van der Waals surface area contributed by atoms with Crippen LogP contribution in [0.3, 0.4) is 0 Å². The second-order valence-electron chi connectivity index (χ2n) is 4.15. The first-order chi connectivity index (χ1) is 10.3. The average Bonchev–Trinajstić information content (AvgIpc) is 2.46. The number of benzene rings is 1. The van der Waals surface area contributed by atoms with E-state index < -0.39 is 30.4 Å². The molecule has 0 aromatic heterocycles. The van der Waals surface area contributed by atoms with E-state index in [0.717, 1.165) is 0 Å². The number of halogens is 3. The molecular weight excluding hydrogens is 303 g/mol. The van der Waals surface area contributed by atoms with Crippen molar-refractivity contribution in [3.05, 3.63) is 35.9 Å². The van der Waals surface area contributed by atoms with Crippen molar-refractivity contribution >= 4 is 11.9 Å². The quantitative estimate of drug-likeness (QED) is 0.645. The van der Waals surface area contributed by atoms with Crippen molar-refractivity contribution in [2.75, 3.05) is 13.2 Å². The third kappa shape index (κ3) is 3.76. The van der Waals surface area contributed by atoms with Crippen molar-refractivity contribution in [2.45, 2.75) is 25.7 Å². The van der Waals surface area contributed by atoms with Gasteiger partial charge in [0.05, 0.1) is 6.61 Å². The number of hydrogen-bond donors (Lipinski definition) is 1. The number of ether oxygens (including phenoxy) is 2. The average molecular weight is 319 g/mol. The summed E-state index contributed by atoms with van der Waals surface area (Å²) in [7, 11) is 0. The fourth-order valence-electron chi connectivity index (χ4n) is 1.69. The summed E-state index contributed by atoms with van der Waals surface area (Å²) in [5.74, 6) is -2.81. The molecular formula is C14H16F3NO4. The van der Waals surface area contributed by atoms with Crippen molar-refractivity contribution in [3.8, 4) is 0 Å². The molecule has 5 nitrogen and oxygen atoms in total. The molecule has 1 rings (SSSR count). The molecule has 1 N–H and O–H groups in total. The van der Waals surface area contributed by atoms with Gasteiger partial charge in [0.25, 0.3) is 5.91 Å². The second-order valence-corrected chi connectivity index (χ2v) is 4.15. The Labute approximate surface area is 125 Å². The molecule has 122 valence electrons. The molecule has 0 saturated carbocycles. The summed E-state index contributed by atoms with van der Waals surface area (Å²) >= 11 is 0. The lowest BCUT2D eigenvalue weighted by molar-refractivity contribution is -0.283. The van der Waals surface area contributed by atoms with Crippen LogP contribution in [0.1, 0.15) is 24.2 Å². The minimum atomic E-state index is -5.18. The van der Waals surface area contributed by atoms with E-state index in [1.807, 2.05) is 0 Å². The number of hydrogen-bond acceptors (Lipinski definition) is 4. The van der Waals surface area contributed by atoms with Crippen LogP contribution in [0, 0.1) is 0 Å². The van der Waals surface area contributed by atoms with E-state index in [1.165, 1.54) is 38.1 Å². The molecule has 0 aliphatic heterocycles. The molecule has 1 aromatic carbocycles. The number of esters is 1. The van der Waals surface area contributed by atoms with Crippen LogP contribution in [0.4, 0.5) is 13.2 Å². The van der Waals surface area contributed by atoms with E-state index in [9.17, 15) is 22.8 Å². The first-order valence-corrected chi connectivity index (χ1v) is 6.54. The molecule has 0 heterocycles. The van der Waals surface area contributed by atoms with E-state index >= 15 is 0 Å². The molecule has 0 aliphatic carbocycles. The Morgan fingerprint density at radius 1 is 1.09 bits per heavy atom. The summed E-state index contributed by atoms with van der Waals surface area (Å²) in [5.41, 5.74) is -3.58. The highest BCUT2D eigenvalue weighted by Crippen LogP contribution is 2.33. The first kappa shape index (κ1) is 18.0. The molecule has 0 spiro atoms. The van der Waals surface area contributed by atoms with E-state index in [4.69, 9.17) is 0 Å². The fraction of sp³-hybridized carbons (Fsp3) is 0.429. The molecule has 0 saturated heterocycles. The predicted octanol–water partition coefficient (Wildman–Crippen LogP) is 2.27. The van der Waals surface area contributed by atoms with Gasteiger partial charge in [0, 0.05) is 12.2 Å². The second kappa shape index (κ2) is 7.26. The Hall–Kier alpha value is -2.09. The van der Waals surface area contributed by atoms with Crippen LogP contribution < -0.4 is 5.32 Å². The zero-order valence-corrected chi connectivity index (χ0v) is 12.1. The standard InChI is InChI=1S/C14H16F3NO4/c1-3-21-12(20)13(22-4-2,14(15,16)17)18-11(19)10-8-6-5-7-9-10/h5-9H,3-4H2,1-2H3,(H,18,19). The lowest BCUT2D eigenvalue weighted by Crippen LogP contribution is -2.66. The van der Waals surface area contributed by atoms with Gasteiger partial charge in [-0.3, -0.25) is 4.79 Å². The molecule has 1 atom stereocenters. The number of carbonyl (C=O) groups excluding carboxylic acids is 2. The highest BCUT2D eigenvalue weighted by Gasteiger charge is 2.64. The van der Waals surface area contributed by atoms with Gasteiger partial charge < -0.3 is 14.8 Å². The topological polar surface area (TPSA) is 64.6 Å². The maximum absolute atomic E-state index is 13.4. The van der Waals surface area contributed by atoms with Crippen LogP contribution >= 0.6 is 0 Å². The Morgan fingerprint density at radius 2 is 1.68 bits per heavy atom. The number of nitrogens with one attached hydrogen (secondary N) is 1. The summed E-state index contributed by atoms with van der Waals surface area (Å²) in [6, 6.07) is 7.19. The van der Waals surface area contributed by atoms with Gasteiger partial charge in [-0.15, -0.1) is 0 Å². The van der Waals surface area contributed by atoms with Crippen molar-refractivity contribution in [1.82, 2.24) is 5.32 Å². The SMILES string of the molecule is CCOC(=O)C(NC(=O)c1ccccc1)(OCC)C(F)(F)F. The highest BCUT2D eigenvalue weighted by molar-refractivity contribution is 5.98. The highest BCUT2D eigenvalue weighted by atomic mass is 19.4. The maximum atomic E-state index is 13.4. The fourth-order valence-corrected chi connectivity index (χ4v) is 1.69. The zero-order chi connectivity index (χ0) is 16.8. The van der Waals surface area contributed by atoms with E-state index in [0.29, 0.717) is 0 Å². The van der Waals surface area contributed by atoms with Crippen molar-refractivity contribution in [3.63, 3.8) is 0 Å². The van der Waals surface area contributed by atoms with Crippen LogP contribution in [0.2, 0.25) is 0 Å². The van der Waals surface area contributed by atoms with Gasteiger partial charge >= 0.3 is 17.9 Å². The van der Waals surface area contributed by atoms with Crippen molar-refractivity contribution < 1.29 is 32.2 Å². The first-order valence-electron chi connectivity index (χ1n) is 6.54. The van der Waals surface area contributed by atoms with Gasteiger partial charge in [-0.2, -0.15) is 13.2 Å². The number of alkyl halides is 3. The number of amides is 1. The van der Waals surface area contributed by atoms with Crippen LogP contribution in [-0.4, -0.2) is 37.0 Å². The molecule has 0 fully saturated rings. The largest absolute Gasteiger partial charge is 0.462 e. The molecule has 0 aliphatic rings. The van der Waals surface area contributed by atoms with Gasteiger partial charge in [0.2, 0.25) is 0 Å². The monoisotopic (exact) mass is 319 g/mol. The lowest BCUT2D eigenvalue weighted by Gasteiger charge is -2.33. The van der Waals surface area contributed by atoms with Gasteiger partial charge in [0.15, 0.2) is 0 Å². The zero-order valence-electron chi connectivity index (χ0n) is 12.1. The molecule has 0 bridgehead atoms. The predicted molar refractivity (Wildman–Crippen MR) is 71.0 cm³/mol. The number of carbonyl (C=O) groups is 2. The molecule has 22 heavy (non-hydrogen) atoms. The van der Waals surface area contributed by atoms with E-state index in [1.54, 1.807) is 11.4 Å². The van der Waals surface area contributed by atoms with Crippen LogP contribution in [-0.2, 0) is 14.3 Å². The Bertz CT molecular complexity index is 519. The Balaban J connectivity index is 3.19. The summed E-state index contributed by atoms with van der Waals surface area (Å²) < 4.78 is 49.1. The summed E-state index contributed by atoms with van der Waals surface area (Å²) in [5, 5.41) is 1.61. The molecule has 1 aromatic rings. The maximum Gasteiger partial charge on any atom is 0.448 e. The van der Waals surface area contributed by atoms with Crippen molar-refractivity contribution in [1.29, 1.82) is 0 Å².